The van der Waals surface area contributed by atoms with Gasteiger partial charge in [-0.3, -0.25) is 4.79 Å². The molecule has 0 saturated heterocycles. The third-order valence-electron chi connectivity index (χ3n) is 2.51. The number of nitrogens with two attached hydrogens (primary N) is 1. The van der Waals surface area contributed by atoms with Crippen molar-refractivity contribution in [3.63, 3.8) is 0 Å². The van der Waals surface area contributed by atoms with E-state index in [4.69, 9.17) is 5.73 Å². The first-order valence-corrected chi connectivity index (χ1v) is 4.91. The molecule has 2 unspecified atom stereocenters. The molecule has 1 aliphatic carbocycles. The molecule has 2 atom stereocenters. The largest absolute Gasteiger partial charge is 0.343 e. The Balaban J connectivity index is 2.53. The quantitative estimate of drug-likeness (QED) is 0.655. The maximum absolute atomic E-state index is 11.8. The minimum Gasteiger partial charge on any atom is -0.343 e. The molecule has 13 heavy (non-hydrogen) atoms. The lowest BCUT2D eigenvalue weighted by atomic mass is 10.1. The molecule has 0 spiro atoms. The van der Waals surface area contributed by atoms with E-state index in [-0.39, 0.29) is 17.9 Å². The molecule has 0 saturated carbocycles. The molecule has 0 bridgehead atoms. The van der Waals surface area contributed by atoms with E-state index in [1.165, 1.54) is 0 Å². The molecule has 0 aromatic rings. The van der Waals surface area contributed by atoms with E-state index in [1.807, 2.05) is 30.9 Å². The first kappa shape index (κ1) is 10.3. The van der Waals surface area contributed by atoms with E-state index in [9.17, 15) is 4.79 Å². The van der Waals surface area contributed by atoms with Crippen LogP contribution in [-0.2, 0) is 4.79 Å². The van der Waals surface area contributed by atoms with Crippen LogP contribution in [0.1, 0.15) is 20.3 Å². The fourth-order valence-corrected chi connectivity index (χ4v) is 1.68. The van der Waals surface area contributed by atoms with Crippen LogP contribution < -0.4 is 5.73 Å². The van der Waals surface area contributed by atoms with Crippen LogP contribution in [0.15, 0.2) is 12.2 Å². The molecule has 0 heterocycles. The zero-order valence-corrected chi connectivity index (χ0v) is 8.36. The van der Waals surface area contributed by atoms with Crippen molar-refractivity contribution in [1.29, 1.82) is 0 Å². The number of rotatable bonds is 3. The summed E-state index contributed by atoms with van der Waals surface area (Å²) in [6.45, 7) is 5.57. The van der Waals surface area contributed by atoms with Crippen molar-refractivity contribution in [3.8, 4) is 0 Å². The number of hydrogen-bond acceptors (Lipinski definition) is 2. The van der Waals surface area contributed by atoms with Crippen LogP contribution in [0.2, 0.25) is 0 Å². The topological polar surface area (TPSA) is 46.3 Å². The van der Waals surface area contributed by atoms with Crippen LogP contribution in [0, 0.1) is 5.92 Å². The lowest BCUT2D eigenvalue weighted by Gasteiger charge is -2.21. The highest BCUT2D eigenvalue weighted by atomic mass is 16.2. The van der Waals surface area contributed by atoms with Gasteiger partial charge in [-0.1, -0.05) is 12.2 Å². The SMILES string of the molecule is CCN(CC)C(=O)C1C=CC(N)C1. The van der Waals surface area contributed by atoms with Gasteiger partial charge in [0.1, 0.15) is 0 Å². The Morgan fingerprint density at radius 3 is 2.46 bits per heavy atom. The van der Waals surface area contributed by atoms with E-state index in [0.29, 0.717) is 0 Å². The number of amides is 1. The first-order valence-electron chi connectivity index (χ1n) is 4.91. The molecule has 1 aliphatic rings. The number of carbonyl (C=O) groups is 1. The summed E-state index contributed by atoms with van der Waals surface area (Å²) in [6.07, 6.45) is 4.63. The van der Waals surface area contributed by atoms with Gasteiger partial charge in [-0.2, -0.15) is 0 Å². The highest BCUT2D eigenvalue weighted by Gasteiger charge is 2.25. The Labute approximate surface area is 79.6 Å². The smallest absolute Gasteiger partial charge is 0.229 e. The van der Waals surface area contributed by atoms with Gasteiger partial charge in [-0.15, -0.1) is 0 Å². The maximum atomic E-state index is 11.8. The predicted molar refractivity (Wildman–Crippen MR) is 53.2 cm³/mol. The van der Waals surface area contributed by atoms with Crippen LogP contribution in [0.3, 0.4) is 0 Å². The normalized spacial score (nSPS) is 26.4. The number of carbonyl (C=O) groups excluding carboxylic acids is 1. The molecule has 3 heteroatoms. The van der Waals surface area contributed by atoms with E-state index < -0.39 is 0 Å². The Morgan fingerprint density at radius 1 is 1.46 bits per heavy atom. The van der Waals surface area contributed by atoms with Crippen molar-refractivity contribution in [2.75, 3.05) is 13.1 Å². The van der Waals surface area contributed by atoms with Gasteiger partial charge in [0.15, 0.2) is 0 Å². The minimum atomic E-state index is 0.0231. The van der Waals surface area contributed by atoms with E-state index in [1.54, 1.807) is 0 Å². The molecule has 0 fully saturated rings. The molecule has 1 amide bonds. The Bertz CT molecular complexity index is 209. The van der Waals surface area contributed by atoms with Gasteiger partial charge in [-0.05, 0) is 20.3 Å². The Kier molecular flexibility index (Phi) is 3.48. The molecule has 0 radical (unpaired) electrons. The predicted octanol–water partition coefficient (Wildman–Crippen LogP) is 0.758. The second-order valence-electron chi connectivity index (χ2n) is 3.40. The molecule has 0 aromatic heterocycles. The maximum Gasteiger partial charge on any atom is 0.229 e. The summed E-state index contributed by atoms with van der Waals surface area (Å²) in [5.41, 5.74) is 5.69. The second-order valence-corrected chi connectivity index (χ2v) is 3.40. The van der Waals surface area contributed by atoms with E-state index in [0.717, 1.165) is 19.5 Å². The third-order valence-corrected chi connectivity index (χ3v) is 2.51. The van der Waals surface area contributed by atoms with Crippen LogP contribution in [0.5, 0.6) is 0 Å². The summed E-state index contributed by atoms with van der Waals surface area (Å²) in [4.78, 5) is 13.6. The summed E-state index contributed by atoms with van der Waals surface area (Å²) in [6, 6.07) is 0.0736. The molecular weight excluding hydrogens is 164 g/mol. The lowest BCUT2D eigenvalue weighted by molar-refractivity contribution is -0.133. The van der Waals surface area contributed by atoms with Crippen LogP contribution in [0.4, 0.5) is 0 Å². The summed E-state index contributed by atoms with van der Waals surface area (Å²) < 4.78 is 0. The van der Waals surface area contributed by atoms with Gasteiger partial charge in [0.25, 0.3) is 0 Å². The molecular formula is C10H18N2O. The molecule has 0 aromatic carbocycles. The van der Waals surface area contributed by atoms with Gasteiger partial charge < -0.3 is 10.6 Å². The zero-order chi connectivity index (χ0) is 9.84. The van der Waals surface area contributed by atoms with Crippen molar-refractivity contribution in [2.45, 2.75) is 26.3 Å². The average Bonchev–Trinajstić information content (AvgIpc) is 2.54. The number of nitrogens with zero attached hydrogens (tertiary/aromatic N) is 1. The highest BCUT2D eigenvalue weighted by Crippen LogP contribution is 2.18. The van der Waals surface area contributed by atoms with Crippen LogP contribution >= 0.6 is 0 Å². The standard InChI is InChI=1S/C10H18N2O/c1-3-12(4-2)10(13)8-5-6-9(11)7-8/h5-6,8-9H,3-4,7,11H2,1-2H3. The van der Waals surface area contributed by atoms with Crippen LogP contribution in [0.25, 0.3) is 0 Å². The third kappa shape index (κ3) is 2.31. The van der Waals surface area contributed by atoms with E-state index >= 15 is 0 Å². The molecule has 0 aliphatic heterocycles. The summed E-state index contributed by atoms with van der Waals surface area (Å²) in [5, 5.41) is 0. The van der Waals surface area contributed by atoms with Crippen molar-refractivity contribution >= 4 is 5.91 Å². The average molecular weight is 182 g/mol. The monoisotopic (exact) mass is 182 g/mol. The van der Waals surface area contributed by atoms with Gasteiger partial charge in [0.05, 0.1) is 5.92 Å². The molecule has 2 N–H and O–H groups in total. The van der Waals surface area contributed by atoms with Crippen molar-refractivity contribution in [3.05, 3.63) is 12.2 Å². The fraction of sp³-hybridized carbons (Fsp3) is 0.700. The molecule has 3 nitrogen and oxygen atoms in total. The Hall–Kier alpha value is -0.830. The first-order chi connectivity index (χ1) is 6.19. The van der Waals surface area contributed by atoms with Gasteiger partial charge in [0, 0.05) is 19.1 Å². The second kappa shape index (κ2) is 4.42. The van der Waals surface area contributed by atoms with Gasteiger partial charge in [0.2, 0.25) is 5.91 Å². The van der Waals surface area contributed by atoms with E-state index in [2.05, 4.69) is 0 Å². The summed E-state index contributed by atoms with van der Waals surface area (Å²) >= 11 is 0. The minimum absolute atomic E-state index is 0.0231. The molecule has 74 valence electrons. The van der Waals surface area contributed by atoms with Crippen molar-refractivity contribution < 1.29 is 4.79 Å². The summed E-state index contributed by atoms with van der Waals surface area (Å²) in [7, 11) is 0. The highest BCUT2D eigenvalue weighted by molar-refractivity contribution is 5.81. The fourth-order valence-electron chi connectivity index (χ4n) is 1.68. The Morgan fingerprint density at radius 2 is 2.08 bits per heavy atom. The number of hydrogen-bond donors (Lipinski definition) is 1. The van der Waals surface area contributed by atoms with Crippen molar-refractivity contribution in [2.24, 2.45) is 11.7 Å². The summed E-state index contributed by atoms with van der Waals surface area (Å²) in [5.74, 6) is 0.240. The molecule has 1 rings (SSSR count). The lowest BCUT2D eigenvalue weighted by Crippen LogP contribution is -2.35. The zero-order valence-electron chi connectivity index (χ0n) is 8.36. The van der Waals surface area contributed by atoms with Crippen molar-refractivity contribution in [1.82, 2.24) is 4.90 Å². The van der Waals surface area contributed by atoms with Crippen LogP contribution in [-0.4, -0.2) is 29.9 Å². The van der Waals surface area contributed by atoms with Gasteiger partial charge >= 0.3 is 0 Å². The van der Waals surface area contributed by atoms with Gasteiger partial charge in [-0.25, -0.2) is 0 Å².